The predicted molar refractivity (Wildman–Crippen MR) is 135 cm³/mol. The highest BCUT2D eigenvalue weighted by Crippen LogP contribution is 2.63. The average Bonchev–Trinajstić information content (AvgIpc) is 3.23. The standard InChI is InChI=1S/C30H27NO4/c1-30(2,3)16-14-21-17-10-6-8-12-19(17)26-23(28(32)34-4)24(29(33)35-5)27-20-13-9-7-11-18(20)22(15-16)25(21)31(26)27/h6-15,26-27H,1-5H3. The number of rotatable bonds is 2. The van der Waals surface area contributed by atoms with Crippen molar-refractivity contribution in [2.45, 2.75) is 38.3 Å². The van der Waals surface area contributed by atoms with Gasteiger partial charge in [-0.25, -0.2) is 9.59 Å². The van der Waals surface area contributed by atoms with Crippen molar-refractivity contribution in [3.05, 3.63) is 88.5 Å². The monoisotopic (exact) mass is 465 g/mol. The number of ether oxygens (including phenoxy) is 2. The molecule has 0 fully saturated rings. The van der Waals surface area contributed by atoms with Crippen LogP contribution in [0.3, 0.4) is 0 Å². The van der Waals surface area contributed by atoms with Gasteiger partial charge in [-0.1, -0.05) is 69.3 Å². The van der Waals surface area contributed by atoms with E-state index in [4.69, 9.17) is 9.47 Å². The third kappa shape index (κ3) is 2.81. The van der Waals surface area contributed by atoms with Crippen LogP contribution < -0.4 is 4.90 Å². The quantitative estimate of drug-likeness (QED) is 0.442. The summed E-state index contributed by atoms with van der Waals surface area (Å²) < 4.78 is 10.5. The number of hydrogen-bond donors (Lipinski definition) is 0. The second kappa shape index (κ2) is 7.32. The second-order valence-electron chi connectivity index (χ2n) is 10.4. The number of carbonyl (C=O) groups excluding carboxylic acids is 2. The van der Waals surface area contributed by atoms with Crippen molar-refractivity contribution in [3.63, 3.8) is 0 Å². The first-order valence-electron chi connectivity index (χ1n) is 11.8. The van der Waals surface area contributed by atoms with Crippen LogP contribution >= 0.6 is 0 Å². The van der Waals surface area contributed by atoms with Gasteiger partial charge in [0.15, 0.2) is 0 Å². The number of methoxy groups -OCH3 is 2. The number of esters is 2. The number of benzene rings is 3. The van der Waals surface area contributed by atoms with Gasteiger partial charge in [0.1, 0.15) is 0 Å². The van der Waals surface area contributed by atoms with Crippen LogP contribution in [-0.2, 0) is 24.5 Å². The van der Waals surface area contributed by atoms with Gasteiger partial charge in [0.05, 0.1) is 43.1 Å². The van der Waals surface area contributed by atoms with Crippen molar-refractivity contribution in [1.29, 1.82) is 0 Å². The molecular formula is C30H27NO4. The molecule has 3 aromatic carbocycles. The van der Waals surface area contributed by atoms with Gasteiger partial charge in [-0.15, -0.1) is 0 Å². The SMILES string of the molecule is COC(=O)C1=C(C(=O)OC)C2c3ccccc3-c3cc(C(C)(C)C)cc4c3N2C1c1ccccc1-4. The fourth-order valence-electron chi connectivity index (χ4n) is 5.97. The Kier molecular flexibility index (Phi) is 4.53. The van der Waals surface area contributed by atoms with Crippen LogP contribution in [0.5, 0.6) is 0 Å². The molecule has 0 aromatic heterocycles. The summed E-state index contributed by atoms with van der Waals surface area (Å²) in [6.45, 7) is 6.66. The first-order valence-corrected chi connectivity index (χ1v) is 11.8. The molecule has 3 heterocycles. The van der Waals surface area contributed by atoms with Gasteiger partial charge < -0.3 is 14.4 Å². The molecule has 3 aromatic rings. The van der Waals surface area contributed by atoms with E-state index in [1.54, 1.807) is 0 Å². The van der Waals surface area contributed by atoms with Crippen LogP contribution in [0.15, 0.2) is 71.8 Å². The maximum atomic E-state index is 13.3. The fourth-order valence-corrected chi connectivity index (χ4v) is 5.97. The Morgan fingerprint density at radius 2 is 1.14 bits per heavy atom. The molecule has 0 saturated heterocycles. The number of nitrogens with zero attached hydrogens (tertiary/aromatic N) is 1. The third-order valence-corrected chi connectivity index (χ3v) is 7.53. The van der Waals surface area contributed by atoms with E-state index in [2.05, 4.69) is 49.9 Å². The first kappa shape index (κ1) is 21.7. The molecule has 6 rings (SSSR count). The molecule has 0 aliphatic carbocycles. The summed E-state index contributed by atoms with van der Waals surface area (Å²) in [4.78, 5) is 28.8. The lowest BCUT2D eigenvalue weighted by Crippen LogP contribution is -2.36. The predicted octanol–water partition coefficient (Wildman–Crippen LogP) is 5.89. The maximum Gasteiger partial charge on any atom is 0.336 e. The molecule has 0 spiro atoms. The number of anilines is 1. The van der Waals surface area contributed by atoms with E-state index < -0.39 is 24.0 Å². The molecule has 2 unspecified atom stereocenters. The Morgan fingerprint density at radius 1 is 0.714 bits per heavy atom. The first-order chi connectivity index (χ1) is 16.8. The minimum Gasteiger partial charge on any atom is -0.466 e. The Hall–Kier alpha value is -3.86. The minimum atomic E-state index is -0.506. The van der Waals surface area contributed by atoms with E-state index in [1.165, 1.54) is 19.8 Å². The lowest BCUT2D eigenvalue weighted by Gasteiger charge is -2.45. The van der Waals surface area contributed by atoms with Crippen LogP contribution in [-0.4, -0.2) is 26.2 Å². The molecule has 0 amide bonds. The Balaban J connectivity index is 1.79. The van der Waals surface area contributed by atoms with Gasteiger partial charge >= 0.3 is 11.9 Å². The molecular weight excluding hydrogens is 438 g/mol. The summed E-state index contributed by atoms with van der Waals surface area (Å²) in [7, 11) is 2.72. The van der Waals surface area contributed by atoms with Gasteiger partial charge in [-0.05, 0) is 45.4 Å². The molecule has 0 radical (unpaired) electrons. The fraction of sp³-hybridized carbons (Fsp3) is 0.267. The molecule has 176 valence electrons. The van der Waals surface area contributed by atoms with Gasteiger partial charge in [-0.2, -0.15) is 0 Å². The van der Waals surface area contributed by atoms with E-state index >= 15 is 0 Å². The molecule has 2 atom stereocenters. The molecule has 5 heteroatoms. The zero-order valence-electron chi connectivity index (χ0n) is 20.5. The number of carbonyl (C=O) groups is 2. The maximum absolute atomic E-state index is 13.3. The van der Waals surface area contributed by atoms with Gasteiger partial charge in [0.25, 0.3) is 0 Å². The largest absolute Gasteiger partial charge is 0.466 e. The van der Waals surface area contributed by atoms with Crippen molar-refractivity contribution >= 4 is 17.6 Å². The van der Waals surface area contributed by atoms with Crippen LogP contribution in [0.1, 0.15) is 49.5 Å². The van der Waals surface area contributed by atoms with E-state index in [9.17, 15) is 9.59 Å². The molecule has 3 aliphatic rings. The minimum absolute atomic E-state index is 0.0548. The summed E-state index contributed by atoms with van der Waals surface area (Å²) in [5.74, 6) is -1.01. The zero-order chi connectivity index (χ0) is 24.6. The topological polar surface area (TPSA) is 55.8 Å². The van der Waals surface area contributed by atoms with E-state index in [0.29, 0.717) is 11.1 Å². The number of hydrogen-bond acceptors (Lipinski definition) is 5. The highest BCUT2D eigenvalue weighted by Gasteiger charge is 2.54. The highest BCUT2D eigenvalue weighted by molar-refractivity contribution is 6.10. The van der Waals surface area contributed by atoms with Crippen molar-refractivity contribution in [1.82, 2.24) is 0 Å². The van der Waals surface area contributed by atoms with Crippen LogP contribution in [0.4, 0.5) is 5.69 Å². The van der Waals surface area contributed by atoms with Gasteiger partial charge in [0.2, 0.25) is 0 Å². The van der Waals surface area contributed by atoms with Crippen LogP contribution in [0.25, 0.3) is 22.3 Å². The normalized spacial score (nSPS) is 19.1. The number of fused-ring (bicyclic) bond motifs is 6. The summed E-state index contributed by atoms with van der Waals surface area (Å²) >= 11 is 0. The Bertz CT molecular complexity index is 1360. The Labute approximate surface area is 205 Å². The molecule has 35 heavy (non-hydrogen) atoms. The summed E-state index contributed by atoms with van der Waals surface area (Å²) in [5, 5.41) is 0. The van der Waals surface area contributed by atoms with E-state index in [-0.39, 0.29) is 5.41 Å². The molecule has 5 nitrogen and oxygen atoms in total. The molecule has 0 N–H and O–H groups in total. The van der Waals surface area contributed by atoms with Gasteiger partial charge in [-0.3, -0.25) is 0 Å². The van der Waals surface area contributed by atoms with Crippen molar-refractivity contribution in [2.24, 2.45) is 0 Å². The van der Waals surface area contributed by atoms with Crippen LogP contribution in [0.2, 0.25) is 0 Å². The Morgan fingerprint density at radius 3 is 1.54 bits per heavy atom. The summed E-state index contributed by atoms with van der Waals surface area (Å²) in [6, 6.07) is 20.0. The van der Waals surface area contributed by atoms with Crippen LogP contribution in [0, 0.1) is 0 Å². The average molecular weight is 466 g/mol. The molecule has 3 aliphatic heterocycles. The highest BCUT2D eigenvalue weighted by atomic mass is 16.5. The zero-order valence-corrected chi connectivity index (χ0v) is 20.5. The third-order valence-electron chi connectivity index (χ3n) is 7.53. The van der Waals surface area contributed by atoms with Crippen molar-refractivity contribution < 1.29 is 19.1 Å². The lowest BCUT2D eigenvalue weighted by molar-refractivity contribution is -0.139. The smallest absolute Gasteiger partial charge is 0.336 e. The van der Waals surface area contributed by atoms with Gasteiger partial charge in [0, 0.05) is 11.1 Å². The summed E-state index contributed by atoms with van der Waals surface area (Å²) in [6.07, 6.45) is 0. The van der Waals surface area contributed by atoms with Crippen molar-refractivity contribution in [3.8, 4) is 22.3 Å². The lowest BCUT2D eigenvalue weighted by atomic mass is 9.76. The summed E-state index contributed by atoms with van der Waals surface area (Å²) in [5.41, 5.74) is 9.29. The molecule has 0 saturated carbocycles. The molecule has 0 bridgehead atoms. The van der Waals surface area contributed by atoms with E-state index in [1.807, 2.05) is 36.4 Å². The second-order valence-corrected chi connectivity index (χ2v) is 10.4. The van der Waals surface area contributed by atoms with E-state index in [0.717, 1.165) is 39.1 Å². The van der Waals surface area contributed by atoms with Crippen molar-refractivity contribution in [2.75, 3.05) is 19.1 Å².